The molecule has 0 aromatic carbocycles. The Bertz CT molecular complexity index is 236. The van der Waals surface area contributed by atoms with E-state index in [-0.39, 0.29) is 18.8 Å². The summed E-state index contributed by atoms with van der Waals surface area (Å²) in [6.07, 6.45) is 1.42. The van der Waals surface area contributed by atoms with Gasteiger partial charge >= 0.3 is 11.9 Å². The zero-order chi connectivity index (χ0) is 10.1. The Kier molecular flexibility index (Phi) is 2.56. The fourth-order valence-corrected chi connectivity index (χ4v) is 1.40. The van der Waals surface area contributed by atoms with E-state index >= 15 is 0 Å². The highest BCUT2D eigenvalue weighted by Gasteiger charge is 2.47. The predicted octanol–water partition coefficient (Wildman–Crippen LogP) is 0.0433. The lowest BCUT2D eigenvalue weighted by atomic mass is 9.89. The van der Waals surface area contributed by atoms with Crippen molar-refractivity contribution in [2.75, 3.05) is 0 Å². The van der Waals surface area contributed by atoms with Crippen LogP contribution in [0.4, 0.5) is 0 Å². The molecule has 74 valence electrons. The third-order valence-corrected chi connectivity index (χ3v) is 2.46. The second-order valence-corrected chi connectivity index (χ2v) is 3.51. The standard InChI is InChI=1S/C8H13NO4/c9-8(7(12)13,5-1-2-5)4-3-6(10)11/h5H,1-4,9H2,(H,10,11)(H,12,13)/t8-/m1/s1. The number of aliphatic carboxylic acids is 2. The minimum Gasteiger partial charge on any atom is -0.481 e. The van der Waals surface area contributed by atoms with Crippen molar-refractivity contribution in [3.63, 3.8) is 0 Å². The average Bonchev–Trinajstić information content (AvgIpc) is 2.81. The second-order valence-electron chi connectivity index (χ2n) is 3.51. The van der Waals surface area contributed by atoms with Crippen molar-refractivity contribution >= 4 is 11.9 Å². The lowest BCUT2D eigenvalue weighted by Crippen LogP contribution is -2.50. The molecule has 1 saturated carbocycles. The number of hydrogen-bond acceptors (Lipinski definition) is 3. The normalized spacial score (nSPS) is 20.7. The van der Waals surface area contributed by atoms with E-state index in [4.69, 9.17) is 15.9 Å². The quantitative estimate of drug-likeness (QED) is 0.564. The number of carboxylic acid groups (broad SMARTS) is 2. The van der Waals surface area contributed by atoms with E-state index < -0.39 is 17.5 Å². The molecule has 0 amide bonds. The minimum absolute atomic E-state index is 0.0162. The van der Waals surface area contributed by atoms with Gasteiger partial charge in [0.25, 0.3) is 0 Å². The van der Waals surface area contributed by atoms with Gasteiger partial charge in [0.1, 0.15) is 5.54 Å². The van der Waals surface area contributed by atoms with E-state index in [0.29, 0.717) is 0 Å². The van der Waals surface area contributed by atoms with Gasteiger partial charge in [0, 0.05) is 6.42 Å². The summed E-state index contributed by atoms with van der Waals surface area (Å²) in [5.41, 5.74) is 4.31. The van der Waals surface area contributed by atoms with Crippen LogP contribution in [0.3, 0.4) is 0 Å². The molecule has 0 heterocycles. The first-order valence-corrected chi connectivity index (χ1v) is 4.21. The van der Waals surface area contributed by atoms with Crippen molar-refractivity contribution in [2.45, 2.75) is 31.2 Å². The van der Waals surface area contributed by atoms with E-state index in [9.17, 15) is 9.59 Å². The molecule has 0 saturated heterocycles. The van der Waals surface area contributed by atoms with Crippen LogP contribution in [0.5, 0.6) is 0 Å². The lowest BCUT2D eigenvalue weighted by Gasteiger charge is -2.23. The minimum atomic E-state index is -1.32. The van der Waals surface area contributed by atoms with Crippen LogP contribution in [0.2, 0.25) is 0 Å². The van der Waals surface area contributed by atoms with Gasteiger partial charge in [-0.3, -0.25) is 9.59 Å². The number of carbonyl (C=O) groups is 2. The largest absolute Gasteiger partial charge is 0.481 e. The number of nitrogens with two attached hydrogens (primary N) is 1. The van der Waals surface area contributed by atoms with Gasteiger partial charge in [0.05, 0.1) is 0 Å². The first kappa shape index (κ1) is 9.98. The van der Waals surface area contributed by atoms with Gasteiger partial charge < -0.3 is 15.9 Å². The molecule has 0 aliphatic heterocycles. The number of rotatable bonds is 5. The van der Waals surface area contributed by atoms with Gasteiger partial charge in [-0.2, -0.15) is 0 Å². The molecule has 1 atom stereocenters. The van der Waals surface area contributed by atoms with Crippen LogP contribution in [0.25, 0.3) is 0 Å². The predicted molar refractivity (Wildman–Crippen MR) is 44.1 cm³/mol. The third-order valence-electron chi connectivity index (χ3n) is 2.46. The van der Waals surface area contributed by atoms with E-state index in [1.807, 2.05) is 0 Å². The fraction of sp³-hybridized carbons (Fsp3) is 0.750. The Hall–Kier alpha value is -1.10. The summed E-state index contributed by atoms with van der Waals surface area (Å²) in [6.45, 7) is 0. The average molecular weight is 187 g/mol. The number of carboxylic acids is 2. The monoisotopic (exact) mass is 187 g/mol. The molecule has 0 radical (unpaired) electrons. The molecule has 1 rings (SSSR count). The van der Waals surface area contributed by atoms with Crippen molar-refractivity contribution in [2.24, 2.45) is 11.7 Å². The van der Waals surface area contributed by atoms with Gasteiger partial charge in [-0.15, -0.1) is 0 Å². The molecule has 4 N–H and O–H groups in total. The van der Waals surface area contributed by atoms with Gasteiger partial charge in [0.2, 0.25) is 0 Å². The van der Waals surface area contributed by atoms with Crippen molar-refractivity contribution < 1.29 is 19.8 Å². The van der Waals surface area contributed by atoms with Crippen LogP contribution in [-0.4, -0.2) is 27.7 Å². The first-order valence-electron chi connectivity index (χ1n) is 4.21. The van der Waals surface area contributed by atoms with E-state index in [2.05, 4.69) is 0 Å². The Balaban J connectivity index is 2.56. The summed E-state index contributed by atoms with van der Waals surface area (Å²) in [4.78, 5) is 21.1. The van der Waals surface area contributed by atoms with Gasteiger partial charge in [0.15, 0.2) is 0 Å². The summed E-state index contributed by atoms with van der Waals surface area (Å²) < 4.78 is 0. The van der Waals surface area contributed by atoms with E-state index in [1.54, 1.807) is 0 Å². The Labute approximate surface area is 75.5 Å². The van der Waals surface area contributed by atoms with Crippen LogP contribution in [0, 0.1) is 5.92 Å². The van der Waals surface area contributed by atoms with Crippen LogP contribution in [-0.2, 0) is 9.59 Å². The Morgan fingerprint density at radius 1 is 1.38 bits per heavy atom. The molecule has 0 spiro atoms. The van der Waals surface area contributed by atoms with Gasteiger partial charge in [-0.25, -0.2) is 0 Å². The maximum atomic E-state index is 10.8. The van der Waals surface area contributed by atoms with Crippen LogP contribution < -0.4 is 5.73 Å². The molecule has 1 fully saturated rings. The van der Waals surface area contributed by atoms with Crippen LogP contribution in [0.1, 0.15) is 25.7 Å². The van der Waals surface area contributed by atoms with Crippen molar-refractivity contribution in [3.05, 3.63) is 0 Å². The molecular weight excluding hydrogens is 174 g/mol. The topological polar surface area (TPSA) is 101 Å². The maximum absolute atomic E-state index is 10.8. The molecule has 0 bridgehead atoms. The summed E-state index contributed by atoms with van der Waals surface area (Å²) in [7, 11) is 0. The summed E-state index contributed by atoms with van der Waals surface area (Å²) in [5.74, 6) is -2.13. The Morgan fingerprint density at radius 2 is 1.92 bits per heavy atom. The highest BCUT2D eigenvalue weighted by molar-refractivity contribution is 5.80. The zero-order valence-corrected chi connectivity index (χ0v) is 7.19. The van der Waals surface area contributed by atoms with Crippen molar-refractivity contribution in [3.8, 4) is 0 Å². The van der Waals surface area contributed by atoms with Crippen molar-refractivity contribution in [1.29, 1.82) is 0 Å². The molecule has 0 aromatic heterocycles. The Morgan fingerprint density at radius 3 is 2.23 bits per heavy atom. The molecular formula is C8H13NO4. The van der Waals surface area contributed by atoms with Gasteiger partial charge in [-0.1, -0.05) is 0 Å². The molecule has 0 unspecified atom stereocenters. The lowest BCUT2D eigenvalue weighted by molar-refractivity contribution is -0.145. The second kappa shape index (κ2) is 3.33. The molecule has 5 nitrogen and oxygen atoms in total. The van der Waals surface area contributed by atoms with E-state index in [0.717, 1.165) is 12.8 Å². The maximum Gasteiger partial charge on any atom is 0.323 e. The smallest absolute Gasteiger partial charge is 0.323 e. The highest BCUT2D eigenvalue weighted by atomic mass is 16.4. The molecule has 5 heteroatoms. The third kappa shape index (κ3) is 2.18. The molecule has 13 heavy (non-hydrogen) atoms. The van der Waals surface area contributed by atoms with Crippen LogP contribution >= 0.6 is 0 Å². The zero-order valence-electron chi connectivity index (χ0n) is 7.19. The molecule has 1 aliphatic rings. The fourth-order valence-electron chi connectivity index (χ4n) is 1.40. The van der Waals surface area contributed by atoms with Crippen molar-refractivity contribution in [1.82, 2.24) is 0 Å². The summed E-state index contributed by atoms with van der Waals surface area (Å²) in [6, 6.07) is 0. The molecule has 1 aliphatic carbocycles. The number of hydrogen-bond donors (Lipinski definition) is 3. The van der Waals surface area contributed by atoms with E-state index in [1.165, 1.54) is 0 Å². The summed E-state index contributed by atoms with van der Waals surface area (Å²) >= 11 is 0. The first-order chi connectivity index (χ1) is 5.97. The SMILES string of the molecule is N[C@@](CCC(=O)O)(C(=O)O)C1CC1. The summed E-state index contributed by atoms with van der Waals surface area (Å²) in [5, 5.41) is 17.3. The molecule has 0 aromatic rings. The van der Waals surface area contributed by atoms with Crippen LogP contribution in [0.15, 0.2) is 0 Å². The van der Waals surface area contributed by atoms with Gasteiger partial charge in [-0.05, 0) is 25.2 Å². The highest BCUT2D eigenvalue weighted by Crippen LogP contribution is 2.40.